The van der Waals surface area contributed by atoms with E-state index in [4.69, 9.17) is 5.11 Å². The van der Waals surface area contributed by atoms with Gasteiger partial charge in [0.2, 0.25) is 0 Å². The fourth-order valence-electron chi connectivity index (χ4n) is 2.52. The molecular formula is C14H20N2O2. The van der Waals surface area contributed by atoms with Crippen LogP contribution in [0.15, 0.2) is 30.3 Å². The van der Waals surface area contributed by atoms with Crippen molar-refractivity contribution in [3.8, 4) is 0 Å². The van der Waals surface area contributed by atoms with Gasteiger partial charge in [0.15, 0.2) is 0 Å². The number of aliphatic carboxylic acids is 1. The second kappa shape index (κ2) is 5.87. The third-order valence-corrected chi connectivity index (χ3v) is 3.46. The summed E-state index contributed by atoms with van der Waals surface area (Å²) in [6.07, 6.45) is 1.29. The number of carboxylic acid groups (broad SMARTS) is 1. The summed E-state index contributed by atoms with van der Waals surface area (Å²) in [5.74, 6) is -0.734. The molecule has 1 heterocycles. The Balaban J connectivity index is 2.10. The quantitative estimate of drug-likeness (QED) is 0.861. The van der Waals surface area contributed by atoms with Crippen LogP contribution in [0.1, 0.15) is 12.8 Å². The van der Waals surface area contributed by atoms with Gasteiger partial charge < -0.3 is 14.9 Å². The van der Waals surface area contributed by atoms with E-state index in [2.05, 4.69) is 29.0 Å². The number of hydrogen-bond acceptors (Lipinski definition) is 3. The number of likely N-dealkylation sites (tertiary alicyclic amines) is 1. The number of rotatable bonds is 5. The van der Waals surface area contributed by atoms with Crippen LogP contribution in [0.5, 0.6) is 0 Å². The zero-order valence-corrected chi connectivity index (χ0v) is 10.7. The molecule has 0 amide bonds. The Hall–Kier alpha value is -1.55. The summed E-state index contributed by atoms with van der Waals surface area (Å²) >= 11 is 0. The van der Waals surface area contributed by atoms with Gasteiger partial charge in [-0.15, -0.1) is 0 Å². The van der Waals surface area contributed by atoms with Crippen molar-refractivity contribution >= 4 is 11.7 Å². The minimum absolute atomic E-state index is 0.190. The lowest BCUT2D eigenvalue weighted by Gasteiger charge is -2.30. The molecule has 4 nitrogen and oxygen atoms in total. The van der Waals surface area contributed by atoms with Crippen LogP contribution < -0.4 is 4.90 Å². The summed E-state index contributed by atoms with van der Waals surface area (Å²) < 4.78 is 0. The van der Waals surface area contributed by atoms with E-state index >= 15 is 0 Å². The molecule has 1 aliphatic rings. The van der Waals surface area contributed by atoms with E-state index in [1.807, 2.05) is 18.2 Å². The Kier molecular flexibility index (Phi) is 4.20. The lowest BCUT2D eigenvalue weighted by atomic mass is 10.1. The SMILES string of the molecule is CN1CCC(N(CCC(=O)O)c2ccccc2)C1. The average Bonchev–Trinajstić information content (AvgIpc) is 2.77. The molecule has 18 heavy (non-hydrogen) atoms. The van der Waals surface area contributed by atoms with Crippen LogP contribution in [-0.4, -0.2) is 48.7 Å². The molecule has 98 valence electrons. The Morgan fingerprint density at radius 3 is 2.72 bits per heavy atom. The predicted molar refractivity (Wildman–Crippen MR) is 71.9 cm³/mol. The maximum absolute atomic E-state index is 10.8. The molecule has 1 fully saturated rings. The number of carboxylic acids is 1. The van der Waals surface area contributed by atoms with Gasteiger partial charge in [0.1, 0.15) is 0 Å². The first-order valence-electron chi connectivity index (χ1n) is 6.39. The Morgan fingerprint density at radius 2 is 2.17 bits per heavy atom. The van der Waals surface area contributed by atoms with Crippen LogP contribution in [0.2, 0.25) is 0 Å². The molecule has 1 atom stereocenters. The van der Waals surface area contributed by atoms with Gasteiger partial charge in [0.05, 0.1) is 6.42 Å². The van der Waals surface area contributed by atoms with E-state index in [0.29, 0.717) is 12.6 Å². The normalized spacial score (nSPS) is 19.9. The van der Waals surface area contributed by atoms with Crippen LogP contribution in [-0.2, 0) is 4.79 Å². The minimum Gasteiger partial charge on any atom is -0.481 e. The molecule has 0 radical (unpaired) electrons. The van der Waals surface area contributed by atoms with E-state index in [9.17, 15) is 4.79 Å². The molecule has 2 rings (SSSR count). The number of carbonyl (C=O) groups is 1. The number of anilines is 1. The Labute approximate surface area is 108 Å². The molecular weight excluding hydrogens is 228 g/mol. The summed E-state index contributed by atoms with van der Waals surface area (Å²) in [5.41, 5.74) is 1.12. The topological polar surface area (TPSA) is 43.8 Å². The largest absolute Gasteiger partial charge is 0.481 e. The molecule has 0 aromatic heterocycles. The molecule has 1 aromatic rings. The molecule has 0 saturated carbocycles. The van der Waals surface area contributed by atoms with Crippen molar-refractivity contribution in [1.29, 1.82) is 0 Å². The molecule has 1 aliphatic heterocycles. The third-order valence-electron chi connectivity index (χ3n) is 3.46. The first-order chi connectivity index (χ1) is 8.66. The van der Waals surface area contributed by atoms with Gasteiger partial charge in [-0.05, 0) is 32.1 Å². The van der Waals surface area contributed by atoms with Gasteiger partial charge in [0, 0.05) is 24.8 Å². The zero-order chi connectivity index (χ0) is 13.0. The van der Waals surface area contributed by atoms with Crippen LogP contribution >= 0.6 is 0 Å². The molecule has 0 aliphatic carbocycles. The molecule has 1 aromatic carbocycles. The third kappa shape index (κ3) is 3.23. The Bertz CT molecular complexity index is 394. The molecule has 1 saturated heterocycles. The van der Waals surface area contributed by atoms with Gasteiger partial charge in [-0.3, -0.25) is 4.79 Å². The summed E-state index contributed by atoms with van der Waals surface area (Å²) in [7, 11) is 2.11. The first kappa shape index (κ1) is 12.9. The fourth-order valence-corrected chi connectivity index (χ4v) is 2.52. The van der Waals surface area contributed by atoms with Crippen LogP contribution in [0.4, 0.5) is 5.69 Å². The minimum atomic E-state index is -0.734. The summed E-state index contributed by atoms with van der Waals surface area (Å²) in [6, 6.07) is 10.5. The molecule has 1 unspecified atom stereocenters. The zero-order valence-electron chi connectivity index (χ0n) is 10.7. The lowest BCUT2D eigenvalue weighted by molar-refractivity contribution is -0.136. The highest BCUT2D eigenvalue weighted by Crippen LogP contribution is 2.22. The van der Waals surface area contributed by atoms with Crippen molar-refractivity contribution in [2.24, 2.45) is 0 Å². The predicted octanol–water partition coefficient (Wildman–Crippen LogP) is 1.67. The second-order valence-corrected chi connectivity index (χ2v) is 4.88. The Morgan fingerprint density at radius 1 is 1.44 bits per heavy atom. The number of hydrogen-bond donors (Lipinski definition) is 1. The van der Waals surface area contributed by atoms with Crippen LogP contribution in [0.25, 0.3) is 0 Å². The van der Waals surface area contributed by atoms with Gasteiger partial charge in [-0.1, -0.05) is 18.2 Å². The highest BCUT2D eigenvalue weighted by Gasteiger charge is 2.26. The van der Waals surface area contributed by atoms with E-state index in [0.717, 1.165) is 25.2 Å². The first-order valence-corrected chi connectivity index (χ1v) is 6.39. The van der Waals surface area contributed by atoms with E-state index in [-0.39, 0.29) is 6.42 Å². The van der Waals surface area contributed by atoms with Crippen LogP contribution in [0.3, 0.4) is 0 Å². The molecule has 1 N–H and O–H groups in total. The number of likely N-dealkylation sites (N-methyl/N-ethyl adjacent to an activating group) is 1. The van der Waals surface area contributed by atoms with Gasteiger partial charge in [-0.2, -0.15) is 0 Å². The van der Waals surface area contributed by atoms with Crippen LogP contribution in [0, 0.1) is 0 Å². The molecule has 0 bridgehead atoms. The number of para-hydroxylation sites is 1. The average molecular weight is 248 g/mol. The van der Waals surface area contributed by atoms with Crippen molar-refractivity contribution < 1.29 is 9.90 Å². The van der Waals surface area contributed by atoms with Crippen molar-refractivity contribution in [3.05, 3.63) is 30.3 Å². The second-order valence-electron chi connectivity index (χ2n) is 4.88. The monoisotopic (exact) mass is 248 g/mol. The lowest BCUT2D eigenvalue weighted by Crippen LogP contribution is -2.38. The van der Waals surface area contributed by atoms with Gasteiger partial charge >= 0.3 is 5.97 Å². The summed E-state index contributed by atoms with van der Waals surface area (Å²) in [5, 5.41) is 8.87. The van der Waals surface area contributed by atoms with Gasteiger partial charge in [-0.25, -0.2) is 0 Å². The van der Waals surface area contributed by atoms with Crippen molar-refractivity contribution in [2.45, 2.75) is 18.9 Å². The van der Waals surface area contributed by atoms with E-state index in [1.54, 1.807) is 0 Å². The standard InChI is InChI=1S/C14H20N2O2/c1-15-9-7-13(11-15)16(10-8-14(17)18)12-5-3-2-4-6-12/h2-6,13H,7-11H2,1H3,(H,17,18). The summed E-state index contributed by atoms with van der Waals surface area (Å²) in [4.78, 5) is 15.3. The van der Waals surface area contributed by atoms with Gasteiger partial charge in [0.25, 0.3) is 0 Å². The highest BCUT2D eigenvalue weighted by atomic mass is 16.4. The van der Waals surface area contributed by atoms with Crippen molar-refractivity contribution in [2.75, 3.05) is 31.6 Å². The molecule has 4 heteroatoms. The van der Waals surface area contributed by atoms with Crippen molar-refractivity contribution in [3.63, 3.8) is 0 Å². The highest BCUT2D eigenvalue weighted by molar-refractivity contribution is 5.67. The number of nitrogens with zero attached hydrogens (tertiary/aromatic N) is 2. The maximum Gasteiger partial charge on any atom is 0.305 e. The molecule has 0 spiro atoms. The fraction of sp³-hybridized carbons (Fsp3) is 0.500. The summed E-state index contributed by atoms with van der Waals surface area (Å²) in [6.45, 7) is 2.67. The van der Waals surface area contributed by atoms with E-state index < -0.39 is 5.97 Å². The van der Waals surface area contributed by atoms with E-state index in [1.165, 1.54) is 0 Å². The maximum atomic E-state index is 10.8. The smallest absolute Gasteiger partial charge is 0.305 e. The van der Waals surface area contributed by atoms with Crippen molar-refractivity contribution in [1.82, 2.24) is 4.90 Å². The number of benzene rings is 1.